The normalized spacial score (nSPS) is 11.0. The van der Waals surface area contributed by atoms with Crippen LogP contribution in [0.15, 0.2) is 77.7 Å². The molecule has 0 radical (unpaired) electrons. The number of ketones is 1. The molecule has 0 heterocycles. The van der Waals surface area contributed by atoms with Crippen molar-refractivity contribution in [1.82, 2.24) is 5.32 Å². The zero-order chi connectivity index (χ0) is 21.7. The van der Waals surface area contributed by atoms with Crippen LogP contribution in [0.1, 0.15) is 38.8 Å². The minimum atomic E-state index is -3.92. The number of hydrogen-bond donors (Lipinski definition) is 2. The maximum Gasteiger partial charge on any atom is 0.261 e. The molecule has 0 unspecified atom stereocenters. The van der Waals surface area contributed by atoms with Crippen LogP contribution < -0.4 is 10.0 Å². The fraction of sp³-hybridized carbons (Fsp3) is 0.130. The lowest BCUT2D eigenvalue weighted by atomic mass is 10.1. The van der Waals surface area contributed by atoms with Crippen molar-refractivity contribution in [3.05, 3.63) is 95.1 Å². The molecule has 154 valence electrons. The summed E-state index contributed by atoms with van der Waals surface area (Å²) in [6.45, 7) is 3.72. The Bertz CT molecular complexity index is 1170. The number of carbonyl (C=O) groups excluding carboxylic acids is 2. The van der Waals surface area contributed by atoms with Gasteiger partial charge in [-0.05, 0) is 43.7 Å². The first kappa shape index (κ1) is 21.3. The van der Waals surface area contributed by atoms with Gasteiger partial charge in [0.2, 0.25) is 0 Å². The van der Waals surface area contributed by atoms with E-state index < -0.39 is 10.0 Å². The number of aryl methyl sites for hydroxylation is 1. The average Bonchev–Trinajstić information content (AvgIpc) is 2.73. The van der Waals surface area contributed by atoms with Gasteiger partial charge in [-0.25, -0.2) is 8.42 Å². The van der Waals surface area contributed by atoms with E-state index in [-0.39, 0.29) is 27.8 Å². The lowest BCUT2D eigenvalue weighted by Crippen LogP contribution is -2.25. The number of sulfonamides is 1. The Labute approximate surface area is 176 Å². The number of amides is 1. The monoisotopic (exact) mass is 422 g/mol. The third kappa shape index (κ3) is 5.12. The van der Waals surface area contributed by atoms with Gasteiger partial charge in [-0.2, -0.15) is 0 Å². The lowest BCUT2D eigenvalue weighted by molar-refractivity contribution is 0.0950. The number of anilines is 1. The molecule has 0 aromatic heterocycles. The molecule has 1 amide bonds. The standard InChI is InChI=1S/C23H22N2O4S/c1-16-7-9-18(10-8-16)15-24-23(27)21-5-3-4-6-22(21)25-30(28,29)20-13-11-19(12-14-20)17(2)26/h3-14,25H,15H2,1-2H3,(H,24,27). The van der Waals surface area contributed by atoms with Crippen LogP contribution in [0.2, 0.25) is 0 Å². The molecular weight excluding hydrogens is 400 g/mol. The van der Waals surface area contributed by atoms with Gasteiger partial charge >= 0.3 is 0 Å². The summed E-state index contributed by atoms with van der Waals surface area (Å²) >= 11 is 0. The molecule has 6 nitrogen and oxygen atoms in total. The number of carbonyl (C=O) groups is 2. The Hall–Kier alpha value is -3.45. The number of Topliss-reactive ketones (excluding diaryl/α,β-unsaturated/α-hetero) is 1. The highest BCUT2D eigenvalue weighted by Crippen LogP contribution is 2.21. The van der Waals surface area contributed by atoms with E-state index in [1.165, 1.54) is 37.3 Å². The molecule has 0 aliphatic rings. The van der Waals surface area contributed by atoms with Crippen molar-refractivity contribution in [3.8, 4) is 0 Å². The zero-order valence-electron chi connectivity index (χ0n) is 16.7. The minimum absolute atomic E-state index is 0.00219. The molecule has 0 fully saturated rings. The highest BCUT2D eigenvalue weighted by Gasteiger charge is 2.19. The Morgan fingerprint density at radius 1 is 0.867 bits per heavy atom. The average molecular weight is 423 g/mol. The van der Waals surface area contributed by atoms with E-state index in [1.807, 2.05) is 31.2 Å². The summed E-state index contributed by atoms with van der Waals surface area (Å²) in [4.78, 5) is 24.1. The van der Waals surface area contributed by atoms with Gasteiger partial charge in [-0.15, -0.1) is 0 Å². The first-order valence-electron chi connectivity index (χ1n) is 9.33. The fourth-order valence-electron chi connectivity index (χ4n) is 2.83. The predicted octanol–water partition coefficient (Wildman–Crippen LogP) is 3.93. The van der Waals surface area contributed by atoms with Crippen LogP contribution >= 0.6 is 0 Å². The molecule has 0 spiro atoms. The van der Waals surface area contributed by atoms with Crippen molar-refractivity contribution in [2.75, 3.05) is 4.72 Å². The fourth-order valence-corrected chi connectivity index (χ4v) is 3.91. The quantitative estimate of drug-likeness (QED) is 0.564. The van der Waals surface area contributed by atoms with Crippen molar-refractivity contribution in [2.24, 2.45) is 0 Å². The van der Waals surface area contributed by atoms with Crippen molar-refractivity contribution in [1.29, 1.82) is 0 Å². The lowest BCUT2D eigenvalue weighted by Gasteiger charge is -2.13. The molecule has 7 heteroatoms. The van der Waals surface area contributed by atoms with Crippen molar-refractivity contribution in [2.45, 2.75) is 25.3 Å². The number of nitrogens with one attached hydrogen (secondary N) is 2. The molecule has 0 bridgehead atoms. The minimum Gasteiger partial charge on any atom is -0.348 e. The van der Waals surface area contributed by atoms with Crippen LogP contribution in [0, 0.1) is 6.92 Å². The molecule has 0 saturated carbocycles. The van der Waals surface area contributed by atoms with Gasteiger partial charge in [0.05, 0.1) is 16.1 Å². The predicted molar refractivity (Wildman–Crippen MR) is 116 cm³/mol. The van der Waals surface area contributed by atoms with E-state index in [2.05, 4.69) is 10.0 Å². The number of rotatable bonds is 7. The molecule has 3 aromatic carbocycles. The van der Waals surface area contributed by atoms with Gasteiger partial charge in [0.15, 0.2) is 5.78 Å². The maximum atomic E-state index is 12.7. The van der Waals surface area contributed by atoms with Gasteiger partial charge in [0.25, 0.3) is 15.9 Å². The van der Waals surface area contributed by atoms with E-state index in [4.69, 9.17) is 0 Å². The number of para-hydroxylation sites is 1. The third-order valence-electron chi connectivity index (χ3n) is 4.56. The Morgan fingerprint density at radius 3 is 2.13 bits per heavy atom. The van der Waals surface area contributed by atoms with E-state index in [1.54, 1.807) is 18.2 Å². The van der Waals surface area contributed by atoms with Crippen molar-refractivity contribution < 1.29 is 18.0 Å². The SMILES string of the molecule is CC(=O)c1ccc(S(=O)(=O)Nc2ccccc2C(=O)NCc2ccc(C)cc2)cc1. The van der Waals surface area contributed by atoms with E-state index in [9.17, 15) is 18.0 Å². The van der Waals surface area contributed by atoms with Crippen LogP contribution in [0.4, 0.5) is 5.69 Å². The summed E-state index contributed by atoms with van der Waals surface area (Å²) in [5, 5.41) is 2.81. The van der Waals surface area contributed by atoms with Crippen molar-refractivity contribution in [3.63, 3.8) is 0 Å². The molecular formula is C23H22N2O4S. The van der Waals surface area contributed by atoms with Gasteiger partial charge in [-0.1, -0.05) is 54.1 Å². The molecule has 2 N–H and O–H groups in total. The third-order valence-corrected chi connectivity index (χ3v) is 5.94. The van der Waals surface area contributed by atoms with Gasteiger partial charge in [0, 0.05) is 12.1 Å². The first-order valence-corrected chi connectivity index (χ1v) is 10.8. The summed E-state index contributed by atoms with van der Waals surface area (Å²) < 4.78 is 27.9. The molecule has 0 atom stereocenters. The molecule has 30 heavy (non-hydrogen) atoms. The van der Waals surface area contributed by atoms with Gasteiger partial charge < -0.3 is 5.32 Å². The Kier molecular flexibility index (Phi) is 6.32. The van der Waals surface area contributed by atoms with Gasteiger partial charge in [-0.3, -0.25) is 14.3 Å². The van der Waals surface area contributed by atoms with Gasteiger partial charge in [0.1, 0.15) is 0 Å². The molecule has 0 aliphatic carbocycles. The molecule has 0 saturated heterocycles. The van der Waals surface area contributed by atoms with Crippen LogP contribution in [0.3, 0.4) is 0 Å². The van der Waals surface area contributed by atoms with Crippen LogP contribution in [0.25, 0.3) is 0 Å². The van der Waals surface area contributed by atoms with E-state index in [0.717, 1.165) is 11.1 Å². The molecule has 0 aliphatic heterocycles. The number of hydrogen-bond acceptors (Lipinski definition) is 4. The molecule has 3 rings (SSSR count). The smallest absolute Gasteiger partial charge is 0.261 e. The number of benzene rings is 3. The first-order chi connectivity index (χ1) is 14.3. The summed E-state index contributed by atoms with van der Waals surface area (Å²) in [6, 6.07) is 19.8. The largest absolute Gasteiger partial charge is 0.348 e. The summed E-state index contributed by atoms with van der Waals surface area (Å²) in [6.07, 6.45) is 0. The summed E-state index contributed by atoms with van der Waals surface area (Å²) in [7, 11) is -3.92. The zero-order valence-corrected chi connectivity index (χ0v) is 17.5. The summed E-state index contributed by atoms with van der Waals surface area (Å²) in [5.41, 5.74) is 2.88. The topological polar surface area (TPSA) is 92.3 Å². The van der Waals surface area contributed by atoms with Crippen LogP contribution in [-0.2, 0) is 16.6 Å². The van der Waals surface area contributed by atoms with Crippen LogP contribution in [0.5, 0.6) is 0 Å². The Balaban J connectivity index is 1.77. The second kappa shape index (κ2) is 8.92. The highest BCUT2D eigenvalue weighted by atomic mass is 32.2. The summed E-state index contributed by atoms with van der Waals surface area (Å²) in [5.74, 6) is -0.539. The Morgan fingerprint density at radius 2 is 1.50 bits per heavy atom. The second-order valence-electron chi connectivity index (χ2n) is 6.90. The van der Waals surface area contributed by atoms with Crippen molar-refractivity contribution >= 4 is 27.4 Å². The van der Waals surface area contributed by atoms with E-state index >= 15 is 0 Å². The second-order valence-corrected chi connectivity index (χ2v) is 8.58. The molecule has 3 aromatic rings. The maximum absolute atomic E-state index is 12.7. The van der Waals surface area contributed by atoms with E-state index in [0.29, 0.717) is 12.1 Å². The highest BCUT2D eigenvalue weighted by molar-refractivity contribution is 7.92. The van der Waals surface area contributed by atoms with Crippen LogP contribution in [-0.4, -0.2) is 20.1 Å².